The maximum atomic E-state index is 13.2. The molecule has 7 heteroatoms. The van der Waals surface area contributed by atoms with Crippen molar-refractivity contribution in [3.8, 4) is 5.75 Å². The Morgan fingerprint density at radius 1 is 1.14 bits per heavy atom. The molecular weight excluding hydrogens is 576 g/mol. The predicted octanol–water partition coefficient (Wildman–Crippen LogP) is 6.40. The number of phenols is 1. The lowest BCUT2D eigenvalue weighted by Crippen LogP contribution is -2.45. The third-order valence-electron chi connectivity index (χ3n) is 9.58. The van der Waals surface area contributed by atoms with Crippen LogP contribution in [0.1, 0.15) is 82.6 Å². The Kier molecular flexibility index (Phi) is 7.27. The van der Waals surface area contributed by atoms with Crippen LogP contribution in [-0.4, -0.2) is 49.7 Å². The molecule has 2 saturated carbocycles. The zero-order valence-electron chi connectivity index (χ0n) is 21.7. The van der Waals surface area contributed by atoms with Gasteiger partial charge in [-0.05, 0) is 113 Å². The van der Waals surface area contributed by atoms with Crippen LogP contribution in [0.2, 0.25) is 0 Å². The quantitative estimate of drug-likeness (QED) is 0.297. The van der Waals surface area contributed by atoms with Crippen LogP contribution in [0, 0.1) is 23.2 Å². The molecule has 4 rings (SSSR count). The predicted molar refractivity (Wildman–Crippen MR) is 144 cm³/mol. The number of benzene rings is 1. The molecule has 2 aliphatic carbocycles. The molecule has 196 valence electrons. The Balaban J connectivity index is 1.76. The summed E-state index contributed by atoms with van der Waals surface area (Å²) in [4.78, 5) is 13.1. The van der Waals surface area contributed by atoms with E-state index in [-0.39, 0.29) is 27.5 Å². The molecule has 0 saturated heterocycles. The van der Waals surface area contributed by atoms with Crippen molar-refractivity contribution in [2.24, 2.45) is 23.2 Å². The lowest BCUT2D eigenvalue weighted by molar-refractivity contribution is -0.0737. The number of ether oxygens (including phenoxy) is 2. The van der Waals surface area contributed by atoms with Crippen molar-refractivity contribution in [2.45, 2.75) is 99.6 Å². The summed E-state index contributed by atoms with van der Waals surface area (Å²) >= 11 is 7.50. The first kappa shape index (κ1) is 27.4. The van der Waals surface area contributed by atoms with Gasteiger partial charge in [-0.3, -0.25) is 0 Å². The molecule has 0 radical (unpaired) electrons. The standard InChI is InChI=1S/C28H40Br2O5/c1-25(2,30)23-10-12-27(4,33)22(29)9-11-26(3)18-15-19(18)28(5,34-6)21(26)14-17-13-16(24(32)35-23)7-8-20(17)31/h7-8,13,18-19,21-23,31,33H,9-12,14-15H2,1-6H3/t18?,19?,21-,22+,23-,26+,27-,28+/m0/s1. The number of carbonyl (C=O) groups is 1. The molecule has 1 aliphatic heterocycles. The number of phenolic OH excluding ortho intramolecular Hbond substituents is 1. The van der Waals surface area contributed by atoms with Gasteiger partial charge >= 0.3 is 5.97 Å². The summed E-state index contributed by atoms with van der Waals surface area (Å²) in [6.45, 7) is 10.4. The molecule has 2 N–H and O–H groups in total. The second-order valence-corrected chi connectivity index (χ2v) is 15.5. The van der Waals surface area contributed by atoms with E-state index >= 15 is 0 Å². The SMILES string of the molecule is CO[C@]1(C)C2CC2[C@@]2(C)CC[C@@H](Br)[C@@](C)(O)CC[C@@H](C(C)(C)Br)OC(=O)c3ccc(O)c(c3)C[C@@H]21. The number of aromatic hydroxyl groups is 1. The van der Waals surface area contributed by atoms with Crippen LogP contribution >= 0.6 is 31.9 Å². The van der Waals surface area contributed by atoms with Crippen LogP contribution in [-0.2, 0) is 15.9 Å². The fourth-order valence-electron chi connectivity index (χ4n) is 6.98. The summed E-state index contributed by atoms with van der Waals surface area (Å²) in [5.74, 6) is 1.01. The van der Waals surface area contributed by atoms with Gasteiger partial charge in [0.1, 0.15) is 11.9 Å². The van der Waals surface area contributed by atoms with E-state index in [1.165, 1.54) is 0 Å². The second kappa shape index (κ2) is 9.28. The molecular formula is C28H40Br2O5. The molecule has 1 heterocycles. The first-order chi connectivity index (χ1) is 16.1. The smallest absolute Gasteiger partial charge is 0.338 e. The van der Waals surface area contributed by atoms with Crippen LogP contribution in [0.3, 0.4) is 0 Å². The number of rotatable bonds is 2. The van der Waals surface area contributed by atoms with Gasteiger partial charge in [-0.25, -0.2) is 4.79 Å². The molecule has 1 aromatic rings. The van der Waals surface area contributed by atoms with E-state index in [1.54, 1.807) is 25.3 Å². The minimum Gasteiger partial charge on any atom is -0.508 e. The first-order valence-electron chi connectivity index (χ1n) is 12.8. The zero-order valence-corrected chi connectivity index (χ0v) is 24.9. The van der Waals surface area contributed by atoms with Gasteiger partial charge in [-0.1, -0.05) is 38.8 Å². The van der Waals surface area contributed by atoms with E-state index in [0.717, 1.165) is 24.8 Å². The number of halogens is 2. The third-order valence-corrected chi connectivity index (χ3v) is 11.5. The highest BCUT2D eigenvalue weighted by atomic mass is 79.9. The number of methoxy groups -OCH3 is 1. The number of carbonyl (C=O) groups excluding carboxylic acids is 1. The van der Waals surface area contributed by atoms with Crippen LogP contribution in [0.25, 0.3) is 0 Å². The molecule has 1 aromatic carbocycles. The number of cyclic esters (lactones) is 1. The Labute approximate surface area is 226 Å². The van der Waals surface area contributed by atoms with E-state index in [0.29, 0.717) is 36.7 Å². The molecule has 0 aromatic heterocycles. The third kappa shape index (κ3) is 4.96. The monoisotopic (exact) mass is 614 g/mol. The van der Waals surface area contributed by atoms with E-state index < -0.39 is 22.0 Å². The fraction of sp³-hybridized carbons (Fsp3) is 0.750. The van der Waals surface area contributed by atoms with Gasteiger partial charge in [0.2, 0.25) is 0 Å². The topological polar surface area (TPSA) is 76.0 Å². The Bertz CT molecular complexity index is 973. The van der Waals surface area contributed by atoms with Crippen LogP contribution < -0.4 is 0 Å². The summed E-state index contributed by atoms with van der Waals surface area (Å²) < 4.78 is 11.7. The molecule has 0 spiro atoms. The van der Waals surface area contributed by atoms with E-state index in [9.17, 15) is 15.0 Å². The maximum Gasteiger partial charge on any atom is 0.338 e. The van der Waals surface area contributed by atoms with Crippen LogP contribution in [0.15, 0.2) is 18.2 Å². The van der Waals surface area contributed by atoms with Crippen molar-refractivity contribution < 1.29 is 24.5 Å². The summed E-state index contributed by atoms with van der Waals surface area (Å²) in [6, 6.07) is 5.03. The lowest BCUT2D eigenvalue weighted by Gasteiger charge is -2.43. The molecule has 0 amide bonds. The van der Waals surface area contributed by atoms with E-state index in [1.807, 2.05) is 20.8 Å². The van der Waals surface area contributed by atoms with Crippen molar-refractivity contribution in [3.05, 3.63) is 29.3 Å². The summed E-state index contributed by atoms with van der Waals surface area (Å²) in [6.07, 6.45) is 4.15. The van der Waals surface area contributed by atoms with Crippen molar-refractivity contribution >= 4 is 37.8 Å². The average Bonchev–Trinajstić information content (AvgIpc) is 3.56. The fourth-order valence-corrected chi connectivity index (χ4v) is 7.76. The van der Waals surface area contributed by atoms with Crippen molar-refractivity contribution in [2.75, 3.05) is 7.11 Å². The van der Waals surface area contributed by atoms with Gasteiger partial charge < -0.3 is 19.7 Å². The number of hydrogen-bond acceptors (Lipinski definition) is 5. The van der Waals surface area contributed by atoms with E-state index in [2.05, 4.69) is 45.7 Å². The van der Waals surface area contributed by atoms with E-state index in [4.69, 9.17) is 9.47 Å². The second-order valence-electron chi connectivity index (χ2n) is 12.3. The van der Waals surface area contributed by atoms with Crippen molar-refractivity contribution in [3.63, 3.8) is 0 Å². The van der Waals surface area contributed by atoms with Crippen LogP contribution in [0.4, 0.5) is 0 Å². The highest BCUT2D eigenvalue weighted by Gasteiger charge is 2.71. The minimum atomic E-state index is -0.947. The number of alkyl halides is 2. The Hall–Kier alpha value is -0.630. The highest BCUT2D eigenvalue weighted by molar-refractivity contribution is 9.10. The number of aliphatic hydroxyl groups is 1. The Morgan fingerprint density at radius 2 is 1.83 bits per heavy atom. The lowest BCUT2D eigenvalue weighted by atomic mass is 9.65. The molecule has 2 bridgehead atoms. The summed E-state index contributed by atoms with van der Waals surface area (Å²) in [5, 5.41) is 22.2. The average molecular weight is 616 g/mol. The first-order valence-corrected chi connectivity index (χ1v) is 14.5. The largest absolute Gasteiger partial charge is 0.508 e. The van der Waals surface area contributed by atoms with Gasteiger partial charge in [0, 0.05) is 11.9 Å². The Morgan fingerprint density at radius 3 is 2.46 bits per heavy atom. The van der Waals surface area contributed by atoms with Gasteiger partial charge in [0.15, 0.2) is 0 Å². The molecule has 35 heavy (non-hydrogen) atoms. The van der Waals surface area contributed by atoms with Gasteiger partial charge in [0.05, 0.1) is 21.1 Å². The van der Waals surface area contributed by atoms with Crippen LogP contribution in [0.5, 0.6) is 5.75 Å². The number of esters is 1. The highest BCUT2D eigenvalue weighted by Crippen LogP contribution is 2.72. The van der Waals surface area contributed by atoms with Crippen molar-refractivity contribution in [1.29, 1.82) is 0 Å². The molecule has 5 nitrogen and oxygen atoms in total. The van der Waals surface area contributed by atoms with Crippen molar-refractivity contribution in [1.82, 2.24) is 0 Å². The minimum absolute atomic E-state index is 0.00104. The maximum absolute atomic E-state index is 13.2. The van der Waals surface area contributed by atoms with Gasteiger partial charge in [-0.2, -0.15) is 0 Å². The molecule has 2 unspecified atom stereocenters. The number of fused-ring (bicyclic) bond motifs is 5. The molecule has 8 atom stereocenters. The molecule has 2 fully saturated rings. The van der Waals surface area contributed by atoms with Gasteiger partial charge in [0.25, 0.3) is 0 Å². The molecule has 3 aliphatic rings. The summed E-state index contributed by atoms with van der Waals surface area (Å²) in [5.41, 5.74) is -0.0559. The van der Waals surface area contributed by atoms with Gasteiger partial charge in [-0.15, -0.1) is 0 Å². The normalized spacial score (nSPS) is 42.3. The summed E-state index contributed by atoms with van der Waals surface area (Å²) in [7, 11) is 1.80. The number of hydrogen-bond donors (Lipinski definition) is 2. The zero-order chi connectivity index (χ0) is 26.0.